The molecule has 5 heteroatoms. The van der Waals surface area contributed by atoms with Gasteiger partial charge in [-0.25, -0.2) is 0 Å². The first kappa shape index (κ1) is 20.3. The SMILES string of the molecule is C/C=C/[C@@H](O[Si](C)(C)C(C)(C)C)[C@H](O)CCC(=O)OCC. The van der Waals surface area contributed by atoms with E-state index in [1.54, 1.807) is 6.92 Å². The second-order valence-corrected chi connectivity index (χ2v) is 11.5. The average molecular weight is 317 g/mol. The van der Waals surface area contributed by atoms with Crippen LogP contribution in [0.2, 0.25) is 18.1 Å². The topological polar surface area (TPSA) is 55.8 Å². The summed E-state index contributed by atoms with van der Waals surface area (Å²) >= 11 is 0. The van der Waals surface area contributed by atoms with Gasteiger partial charge in [0.25, 0.3) is 0 Å². The largest absolute Gasteiger partial charge is 0.466 e. The Labute approximate surface area is 130 Å². The molecule has 0 spiro atoms. The smallest absolute Gasteiger partial charge is 0.305 e. The first-order valence-electron chi connectivity index (χ1n) is 7.69. The average Bonchev–Trinajstić information content (AvgIpc) is 2.34. The number of aliphatic hydroxyl groups is 1. The third kappa shape index (κ3) is 7.25. The van der Waals surface area contributed by atoms with Crippen LogP contribution in [0.4, 0.5) is 0 Å². The maximum Gasteiger partial charge on any atom is 0.305 e. The predicted molar refractivity (Wildman–Crippen MR) is 88.8 cm³/mol. The zero-order chi connectivity index (χ0) is 16.7. The molecule has 0 aromatic carbocycles. The molecule has 0 aromatic rings. The van der Waals surface area contributed by atoms with Gasteiger partial charge in [-0.1, -0.05) is 32.9 Å². The van der Waals surface area contributed by atoms with E-state index in [9.17, 15) is 9.90 Å². The van der Waals surface area contributed by atoms with Crippen LogP contribution in [0.1, 0.15) is 47.5 Å². The Bertz CT molecular complexity index is 345. The Morgan fingerprint density at radius 3 is 2.33 bits per heavy atom. The molecule has 21 heavy (non-hydrogen) atoms. The molecular weight excluding hydrogens is 284 g/mol. The molecule has 1 N–H and O–H groups in total. The highest BCUT2D eigenvalue weighted by atomic mass is 28.4. The molecule has 0 rings (SSSR count). The molecule has 0 aliphatic rings. The molecule has 0 aromatic heterocycles. The minimum Gasteiger partial charge on any atom is -0.466 e. The summed E-state index contributed by atoms with van der Waals surface area (Å²) in [5.41, 5.74) is 0. The van der Waals surface area contributed by atoms with Crippen molar-refractivity contribution in [2.45, 2.75) is 77.8 Å². The molecule has 0 saturated carbocycles. The molecule has 0 heterocycles. The number of allylic oxidation sites excluding steroid dienone is 1. The maximum absolute atomic E-state index is 11.4. The molecule has 0 radical (unpaired) electrons. The summed E-state index contributed by atoms with van der Waals surface area (Å²) in [5, 5.41) is 10.4. The number of hydrogen-bond acceptors (Lipinski definition) is 4. The fourth-order valence-corrected chi connectivity index (χ4v) is 2.89. The van der Waals surface area contributed by atoms with E-state index in [2.05, 4.69) is 33.9 Å². The number of hydrogen-bond donors (Lipinski definition) is 1. The molecule has 0 bridgehead atoms. The van der Waals surface area contributed by atoms with Gasteiger partial charge < -0.3 is 14.3 Å². The van der Waals surface area contributed by atoms with E-state index in [1.807, 2.05) is 19.1 Å². The number of aliphatic hydroxyl groups excluding tert-OH is 1. The quantitative estimate of drug-likeness (QED) is 0.422. The third-order valence-corrected chi connectivity index (χ3v) is 8.42. The lowest BCUT2D eigenvalue weighted by atomic mass is 10.1. The number of esters is 1. The van der Waals surface area contributed by atoms with Gasteiger partial charge in [-0.2, -0.15) is 0 Å². The van der Waals surface area contributed by atoms with Crippen LogP contribution in [0.3, 0.4) is 0 Å². The van der Waals surface area contributed by atoms with Crippen molar-refractivity contribution in [1.82, 2.24) is 0 Å². The van der Waals surface area contributed by atoms with Crippen LogP contribution in [0, 0.1) is 0 Å². The van der Waals surface area contributed by atoms with Crippen molar-refractivity contribution in [3.05, 3.63) is 12.2 Å². The van der Waals surface area contributed by atoms with Crippen LogP contribution in [-0.4, -0.2) is 38.2 Å². The monoisotopic (exact) mass is 316 g/mol. The predicted octanol–water partition coefficient (Wildman–Crippen LogP) is 3.66. The summed E-state index contributed by atoms with van der Waals surface area (Å²) in [6, 6.07) is 0. The summed E-state index contributed by atoms with van der Waals surface area (Å²) in [4.78, 5) is 11.4. The Balaban J connectivity index is 4.71. The number of ether oxygens (including phenoxy) is 1. The molecule has 124 valence electrons. The fourth-order valence-electron chi connectivity index (χ4n) is 1.62. The molecular formula is C16H32O4Si. The highest BCUT2D eigenvalue weighted by Gasteiger charge is 2.40. The van der Waals surface area contributed by atoms with Gasteiger partial charge in [0.15, 0.2) is 8.32 Å². The Hall–Kier alpha value is -0.653. The van der Waals surface area contributed by atoms with Gasteiger partial charge in [0, 0.05) is 6.42 Å². The van der Waals surface area contributed by atoms with Crippen LogP contribution in [0.25, 0.3) is 0 Å². The molecule has 2 atom stereocenters. The lowest BCUT2D eigenvalue weighted by molar-refractivity contribution is -0.143. The Morgan fingerprint density at radius 2 is 1.90 bits per heavy atom. The van der Waals surface area contributed by atoms with Gasteiger partial charge in [-0.05, 0) is 38.4 Å². The maximum atomic E-state index is 11.4. The van der Waals surface area contributed by atoms with E-state index in [0.717, 1.165) is 0 Å². The van der Waals surface area contributed by atoms with E-state index in [1.165, 1.54) is 0 Å². The van der Waals surface area contributed by atoms with E-state index in [4.69, 9.17) is 9.16 Å². The van der Waals surface area contributed by atoms with Crippen molar-refractivity contribution in [2.75, 3.05) is 6.61 Å². The van der Waals surface area contributed by atoms with Crippen LogP contribution in [0.5, 0.6) is 0 Å². The van der Waals surface area contributed by atoms with E-state index >= 15 is 0 Å². The minimum atomic E-state index is -1.97. The minimum absolute atomic E-state index is 0.0771. The van der Waals surface area contributed by atoms with Gasteiger partial charge >= 0.3 is 5.97 Å². The standard InChI is InChI=1S/C16H32O4Si/c1-8-10-14(20-21(6,7)16(3,4)5)13(17)11-12-15(18)19-9-2/h8,10,13-14,17H,9,11-12H2,1-7H3/b10-8+/t13-,14-/m1/s1. The Morgan fingerprint density at radius 1 is 1.33 bits per heavy atom. The summed E-state index contributed by atoms with van der Waals surface area (Å²) in [6.45, 7) is 14.8. The molecule has 0 unspecified atom stereocenters. The first-order chi connectivity index (χ1) is 9.55. The van der Waals surface area contributed by atoms with Crippen LogP contribution in [-0.2, 0) is 14.0 Å². The van der Waals surface area contributed by atoms with E-state index in [0.29, 0.717) is 13.0 Å². The van der Waals surface area contributed by atoms with Crippen molar-refractivity contribution < 1.29 is 19.1 Å². The van der Waals surface area contributed by atoms with Crippen LogP contribution in [0.15, 0.2) is 12.2 Å². The van der Waals surface area contributed by atoms with Gasteiger partial charge in [-0.15, -0.1) is 0 Å². The molecule has 0 aliphatic carbocycles. The normalized spacial score (nSPS) is 16.0. The van der Waals surface area contributed by atoms with Crippen molar-refractivity contribution in [3.8, 4) is 0 Å². The van der Waals surface area contributed by atoms with Crippen LogP contribution >= 0.6 is 0 Å². The number of carbonyl (C=O) groups is 1. The number of rotatable bonds is 8. The molecule has 0 fully saturated rings. The summed E-state index contributed by atoms with van der Waals surface area (Å²) in [5.74, 6) is -0.275. The zero-order valence-corrected chi connectivity index (χ0v) is 15.6. The second-order valence-electron chi connectivity index (χ2n) is 6.78. The summed E-state index contributed by atoms with van der Waals surface area (Å²) in [7, 11) is -1.97. The van der Waals surface area contributed by atoms with Crippen molar-refractivity contribution in [1.29, 1.82) is 0 Å². The first-order valence-corrected chi connectivity index (χ1v) is 10.6. The number of carbonyl (C=O) groups excluding carboxylic acids is 1. The van der Waals surface area contributed by atoms with E-state index in [-0.39, 0.29) is 23.5 Å². The van der Waals surface area contributed by atoms with Crippen molar-refractivity contribution in [2.24, 2.45) is 0 Å². The molecule has 0 saturated heterocycles. The molecule has 0 aliphatic heterocycles. The zero-order valence-electron chi connectivity index (χ0n) is 14.6. The summed E-state index contributed by atoms with van der Waals surface area (Å²) < 4.78 is 11.1. The molecule has 4 nitrogen and oxygen atoms in total. The Kier molecular flexibility index (Phi) is 8.44. The van der Waals surface area contributed by atoms with Crippen molar-refractivity contribution in [3.63, 3.8) is 0 Å². The third-order valence-electron chi connectivity index (χ3n) is 3.95. The van der Waals surface area contributed by atoms with Gasteiger partial charge in [0.1, 0.15) is 0 Å². The fraction of sp³-hybridized carbons (Fsp3) is 0.812. The second kappa shape index (κ2) is 8.71. The van der Waals surface area contributed by atoms with Crippen molar-refractivity contribution >= 4 is 14.3 Å². The van der Waals surface area contributed by atoms with Gasteiger partial charge in [0.2, 0.25) is 0 Å². The molecule has 0 amide bonds. The highest BCUT2D eigenvalue weighted by Crippen LogP contribution is 2.38. The van der Waals surface area contributed by atoms with Gasteiger partial charge in [-0.3, -0.25) is 4.79 Å². The van der Waals surface area contributed by atoms with E-state index < -0.39 is 14.4 Å². The highest BCUT2D eigenvalue weighted by molar-refractivity contribution is 6.74. The lowest BCUT2D eigenvalue weighted by Gasteiger charge is -2.39. The van der Waals surface area contributed by atoms with Gasteiger partial charge in [0.05, 0.1) is 18.8 Å². The van der Waals surface area contributed by atoms with Crippen LogP contribution < -0.4 is 0 Å². The summed E-state index contributed by atoms with van der Waals surface area (Å²) in [6.07, 6.45) is 3.25. The lowest BCUT2D eigenvalue weighted by Crippen LogP contribution is -2.46.